The second-order valence-electron chi connectivity index (χ2n) is 4.35. The highest BCUT2D eigenvalue weighted by Crippen LogP contribution is 2.17. The summed E-state index contributed by atoms with van der Waals surface area (Å²) in [7, 11) is -2.76. The molecule has 2 rings (SSSR count). The largest absolute Gasteiger partial charge is 0.307 e. The molecule has 1 unspecified atom stereocenters. The van der Waals surface area contributed by atoms with Gasteiger partial charge in [-0.1, -0.05) is 0 Å². The predicted octanol–water partition coefficient (Wildman–Crippen LogP) is 0.637. The lowest BCUT2D eigenvalue weighted by atomic mass is 10.1. The standard InChI is InChI=1S/C10H17N3O2S/c1-8(9-6-11-12-7-9)13-10-2-4-16(14,15)5-3-10/h6-8,10,13H,2-5H2,1H3,(H,11,12). The summed E-state index contributed by atoms with van der Waals surface area (Å²) in [6.45, 7) is 2.06. The number of sulfone groups is 1. The lowest BCUT2D eigenvalue weighted by molar-refractivity contribution is 0.420. The molecule has 0 bridgehead atoms. The zero-order valence-electron chi connectivity index (χ0n) is 9.31. The third-order valence-corrected chi connectivity index (χ3v) is 4.78. The Morgan fingerprint density at radius 1 is 1.50 bits per heavy atom. The first-order valence-electron chi connectivity index (χ1n) is 5.52. The van der Waals surface area contributed by atoms with Crippen LogP contribution in [0.5, 0.6) is 0 Å². The number of H-pyrrole nitrogens is 1. The van der Waals surface area contributed by atoms with Crippen LogP contribution in [0.25, 0.3) is 0 Å². The fraction of sp³-hybridized carbons (Fsp3) is 0.700. The first-order valence-corrected chi connectivity index (χ1v) is 7.34. The molecule has 1 aliphatic heterocycles. The van der Waals surface area contributed by atoms with Gasteiger partial charge in [0.15, 0.2) is 0 Å². The van der Waals surface area contributed by atoms with Gasteiger partial charge in [0, 0.05) is 23.8 Å². The number of aromatic nitrogens is 2. The fourth-order valence-corrected chi connectivity index (χ4v) is 3.50. The van der Waals surface area contributed by atoms with Gasteiger partial charge in [0.25, 0.3) is 0 Å². The molecule has 90 valence electrons. The summed E-state index contributed by atoms with van der Waals surface area (Å²) in [5.41, 5.74) is 1.11. The van der Waals surface area contributed by atoms with Gasteiger partial charge in [-0.15, -0.1) is 0 Å². The molecule has 1 saturated heterocycles. The highest BCUT2D eigenvalue weighted by atomic mass is 32.2. The fourth-order valence-electron chi connectivity index (χ4n) is 2.00. The third kappa shape index (κ3) is 2.82. The van der Waals surface area contributed by atoms with Crippen LogP contribution in [-0.4, -0.2) is 36.2 Å². The minimum Gasteiger partial charge on any atom is -0.307 e. The lowest BCUT2D eigenvalue weighted by Gasteiger charge is -2.26. The van der Waals surface area contributed by atoms with E-state index in [1.165, 1.54) is 0 Å². The zero-order valence-corrected chi connectivity index (χ0v) is 10.1. The van der Waals surface area contributed by atoms with Crippen molar-refractivity contribution in [1.82, 2.24) is 15.5 Å². The first-order chi connectivity index (χ1) is 7.57. The second-order valence-corrected chi connectivity index (χ2v) is 6.65. The minimum absolute atomic E-state index is 0.213. The van der Waals surface area contributed by atoms with Crippen LogP contribution in [0.15, 0.2) is 12.4 Å². The topological polar surface area (TPSA) is 74.8 Å². The third-order valence-electron chi connectivity index (χ3n) is 3.06. The van der Waals surface area contributed by atoms with E-state index in [0.29, 0.717) is 30.4 Å². The van der Waals surface area contributed by atoms with Gasteiger partial charge in [-0.05, 0) is 19.8 Å². The molecule has 0 amide bonds. The van der Waals surface area contributed by atoms with E-state index in [1.807, 2.05) is 6.20 Å². The van der Waals surface area contributed by atoms with Crippen LogP contribution in [0.3, 0.4) is 0 Å². The zero-order chi connectivity index (χ0) is 11.6. The molecule has 0 aliphatic carbocycles. The number of nitrogens with one attached hydrogen (secondary N) is 2. The van der Waals surface area contributed by atoms with Gasteiger partial charge in [0.1, 0.15) is 9.84 Å². The van der Waals surface area contributed by atoms with Gasteiger partial charge >= 0.3 is 0 Å². The van der Waals surface area contributed by atoms with E-state index in [-0.39, 0.29) is 6.04 Å². The lowest BCUT2D eigenvalue weighted by Crippen LogP contribution is -2.38. The number of hydrogen-bond donors (Lipinski definition) is 2. The molecule has 0 radical (unpaired) electrons. The summed E-state index contributed by atoms with van der Waals surface area (Å²) in [6, 6.07) is 0.512. The molecule has 2 N–H and O–H groups in total. The van der Waals surface area contributed by atoms with Gasteiger partial charge < -0.3 is 5.32 Å². The summed E-state index contributed by atoms with van der Waals surface area (Å²) >= 11 is 0. The Bertz CT molecular complexity index is 413. The molecular weight excluding hydrogens is 226 g/mol. The highest BCUT2D eigenvalue weighted by Gasteiger charge is 2.24. The Morgan fingerprint density at radius 2 is 2.19 bits per heavy atom. The Hall–Kier alpha value is -0.880. The van der Waals surface area contributed by atoms with Crippen molar-refractivity contribution in [2.24, 2.45) is 0 Å². The first kappa shape index (κ1) is 11.6. The van der Waals surface area contributed by atoms with E-state index in [0.717, 1.165) is 5.56 Å². The quantitative estimate of drug-likeness (QED) is 0.817. The van der Waals surface area contributed by atoms with E-state index < -0.39 is 9.84 Å². The van der Waals surface area contributed by atoms with Crippen LogP contribution in [0.2, 0.25) is 0 Å². The van der Waals surface area contributed by atoms with E-state index in [9.17, 15) is 8.42 Å². The number of hydrogen-bond acceptors (Lipinski definition) is 4. The summed E-state index contributed by atoms with van der Waals surface area (Å²) in [6.07, 6.45) is 5.07. The number of aromatic amines is 1. The highest BCUT2D eigenvalue weighted by molar-refractivity contribution is 7.91. The summed E-state index contributed by atoms with van der Waals surface area (Å²) in [5, 5.41) is 10.1. The summed E-state index contributed by atoms with van der Waals surface area (Å²) < 4.78 is 22.5. The van der Waals surface area contributed by atoms with Crippen LogP contribution < -0.4 is 5.32 Å². The summed E-state index contributed by atoms with van der Waals surface area (Å²) in [4.78, 5) is 0. The van der Waals surface area contributed by atoms with Gasteiger partial charge in [-0.2, -0.15) is 5.10 Å². The van der Waals surface area contributed by atoms with Crippen molar-refractivity contribution in [3.8, 4) is 0 Å². The van der Waals surface area contributed by atoms with E-state index in [1.54, 1.807) is 6.20 Å². The summed E-state index contributed by atoms with van der Waals surface area (Å²) in [5.74, 6) is 0.617. The van der Waals surface area contributed by atoms with E-state index >= 15 is 0 Å². The van der Waals surface area contributed by atoms with Crippen LogP contribution >= 0.6 is 0 Å². The SMILES string of the molecule is CC(NC1CCS(=O)(=O)CC1)c1cn[nH]c1. The van der Waals surface area contributed by atoms with Gasteiger partial charge in [0.05, 0.1) is 17.7 Å². The van der Waals surface area contributed by atoms with Crippen LogP contribution in [0.1, 0.15) is 31.4 Å². The van der Waals surface area contributed by atoms with Crippen molar-refractivity contribution in [3.63, 3.8) is 0 Å². The van der Waals surface area contributed by atoms with Crippen molar-refractivity contribution >= 4 is 9.84 Å². The Kier molecular flexibility index (Phi) is 3.30. The molecular formula is C10H17N3O2S. The Morgan fingerprint density at radius 3 is 2.75 bits per heavy atom. The molecule has 1 aromatic rings. The molecule has 5 nitrogen and oxygen atoms in total. The molecule has 0 saturated carbocycles. The number of rotatable bonds is 3. The van der Waals surface area contributed by atoms with E-state index in [2.05, 4.69) is 22.4 Å². The molecule has 1 aromatic heterocycles. The minimum atomic E-state index is -2.76. The average molecular weight is 243 g/mol. The van der Waals surface area contributed by atoms with Crippen molar-refractivity contribution < 1.29 is 8.42 Å². The Balaban J connectivity index is 1.87. The van der Waals surface area contributed by atoms with Crippen molar-refractivity contribution in [2.45, 2.75) is 31.8 Å². The normalized spacial score (nSPS) is 23.1. The maximum absolute atomic E-state index is 11.3. The molecule has 1 atom stereocenters. The molecule has 6 heteroatoms. The van der Waals surface area contributed by atoms with Crippen molar-refractivity contribution in [3.05, 3.63) is 18.0 Å². The molecule has 1 fully saturated rings. The second kappa shape index (κ2) is 4.55. The molecule has 0 spiro atoms. The van der Waals surface area contributed by atoms with Crippen molar-refractivity contribution in [2.75, 3.05) is 11.5 Å². The average Bonchev–Trinajstić information content (AvgIpc) is 2.74. The van der Waals surface area contributed by atoms with Gasteiger partial charge in [-0.3, -0.25) is 5.10 Å². The predicted molar refractivity (Wildman–Crippen MR) is 61.8 cm³/mol. The van der Waals surface area contributed by atoms with Gasteiger partial charge in [-0.25, -0.2) is 8.42 Å². The van der Waals surface area contributed by atoms with Crippen molar-refractivity contribution in [1.29, 1.82) is 0 Å². The van der Waals surface area contributed by atoms with Crippen LogP contribution in [0.4, 0.5) is 0 Å². The maximum atomic E-state index is 11.3. The molecule has 0 aromatic carbocycles. The smallest absolute Gasteiger partial charge is 0.150 e. The van der Waals surface area contributed by atoms with E-state index in [4.69, 9.17) is 0 Å². The molecule has 16 heavy (non-hydrogen) atoms. The molecule has 2 heterocycles. The van der Waals surface area contributed by atoms with Crippen LogP contribution in [0, 0.1) is 0 Å². The monoisotopic (exact) mass is 243 g/mol. The Labute approximate surface area is 95.6 Å². The number of nitrogens with zero attached hydrogens (tertiary/aromatic N) is 1. The van der Waals surface area contributed by atoms with Crippen LogP contribution in [-0.2, 0) is 9.84 Å². The van der Waals surface area contributed by atoms with Gasteiger partial charge in [0.2, 0.25) is 0 Å². The molecule has 1 aliphatic rings. The maximum Gasteiger partial charge on any atom is 0.150 e.